The maximum absolute atomic E-state index is 14.5. The highest BCUT2D eigenvalue weighted by Crippen LogP contribution is 2.76. The summed E-state index contributed by atoms with van der Waals surface area (Å²) in [6.07, 6.45) is 10.8. The predicted octanol–water partition coefficient (Wildman–Crippen LogP) is 6.68. The van der Waals surface area contributed by atoms with E-state index >= 15 is 0 Å². The van der Waals surface area contributed by atoms with Gasteiger partial charge in [0.15, 0.2) is 5.78 Å². The lowest BCUT2D eigenvalue weighted by atomic mass is 9.31. The Morgan fingerprint density at radius 1 is 0.917 bits per heavy atom. The van der Waals surface area contributed by atoms with Crippen molar-refractivity contribution in [2.75, 3.05) is 6.61 Å². The molecular weight excluding hydrogens is 446 g/mol. The highest BCUT2D eigenvalue weighted by atomic mass is 16.6. The maximum Gasteiger partial charge on any atom is 0.178 e. The Kier molecular flexibility index (Phi) is 4.92. The Labute approximate surface area is 217 Å². The van der Waals surface area contributed by atoms with E-state index in [1.165, 1.54) is 19.3 Å². The number of carbonyl (C=O) groups excluding carboxylic acids is 2. The van der Waals surface area contributed by atoms with Gasteiger partial charge in [0.2, 0.25) is 0 Å². The van der Waals surface area contributed by atoms with E-state index in [4.69, 9.17) is 4.74 Å². The van der Waals surface area contributed by atoms with Crippen LogP contribution < -0.4 is 0 Å². The first-order valence-electron chi connectivity index (χ1n) is 14.5. The van der Waals surface area contributed by atoms with Crippen LogP contribution in [-0.2, 0) is 14.3 Å². The zero-order valence-corrected chi connectivity index (χ0v) is 23.5. The van der Waals surface area contributed by atoms with E-state index in [9.17, 15) is 14.9 Å². The number of allylic oxidation sites excluding steroid dienone is 2. The third kappa shape index (κ3) is 2.85. The van der Waals surface area contributed by atoms with Gasteiger partial charge in [0.25, 0.3) is 0 Å². The van der Waals surface area contributed by atoms with E-state index < -0.39 is 5.41 Å². The molecule has 0 spiro atoms. The quantitative estimate of drug-likeness (QED) is 0.383. The molecule has 0 aromatic heterocycles. The molecule has 0 radical (unpaired) electrons. The van der Waals surface area contributed by atoms with Crippen molar-refractivity contribution in [3.8, 4) is 6.07 Å². The van der Waals surface area contributed by atoms with Gasteiger partial charge >= 0.3 is 0 Å². The molecule has 0 N–H and O–H groups in total. The van der Waals surface area contributed by atoms with Gasteiger partial charge in [0, 0.05) is 23.2 Å². The predicted molar refractivity (Wildman–Crippen MR) is 139 cm³/mol. The summed E-state index contributed by atoms with van der Waals surface area (Å²) in [6, 6.07) is 2.24. The molecule has 1 unspecified atom stereocenters. The Morgan fingerprint density at radius 2 is 1.58 bits per heavy atom. The lowest BCUT2D eigenvalue weighted by Crippen LogP contribution is -2.69. The summed E-state index contributed by atoms with van der Waals surface area (Å²) in [4.78, 5) is 27.7. The van der Waals surface area contributed by atoms with Gasteiger partial charge in [-0.25, -0.2) is 0 Å². The lowest BCUT2D eigenvalue weighted by molar-refractivity contribution is -0.224. The second-order valence-electron chi connectivity index (χ2n) is 15.7. The Morgan fingerprint density at radius 3 is 2.22 bits per heavy atom. The van der Waals surface area contributed by atoms with Crippen LogP contribution >= 0.6 is 0 Å². The molecule has 6 aliphatic rings. The second-order valence-corrected chi connectivity index (χ2v) is 15.7. The van der Waals surface area contributed by atoms with Gasteiger partial charge in [-0.15, -0.1) is 0 Å². The lowest BCUT2D eigenvalue weighted by Gasteiger charge is -2.72. The van der Waals surface area contributed by atoms with Crippen LogP contribution in [0, 0.1) is 67.5 Å². The molecule has 5 fully saturated rings. The second kappa shape index (κ2) is 7.13. The monoisotopic (exact) mass is 491 g/mol. The van der Waals surface area contributed by atoms with E-state index in [0.29, 0.717) is 29.8 Å². The number of nitrogens with zero attached hydrogens (tertiary/aromatic N) is 1. The zero-order valence-electron chi connectivity index (χ0n) is 23.5. The molecule has 4 saturated carbocycles. The summed E-state index contributed by atoms with van der Waals surface area (Å²) >= 11 is 0. The summed E-state index contributed by atoms with van der Waals surface area (Å²) in [6.45, 7) is 17.0. The van der Waals surface area contributed by atoms with Crippen LogP contribution in [0.2, 0.25) is 0 Å². The molecule has 0 bridgehead atoms. The van der Waals surface area contributed by atoms with Crippen LogP contribution in [0.15, 0.2) is 11.6 Å². The minimum absolute atomic E-state index is 0.00250. The number of nitriles is 1. The van der Waals surface area contributed by atoms with Crippen molar-refractivity contribution in [1.29, 1.82) is 5.26 Å². The first-order chi connectivity index (χ1) is 16.7. The molecule has 1 heterocycles. The third-order valence-electron chi connectivity index (χ3n) is 13.5. The van der Waals surface area contributed by atoms with Crippen molar-refractivity contribution in [3.63, 3.8) is 0 Å². The average molecular weight is 492 g/mol. The van der Waals surface area contributed by atoms with Gasteiger partial charge in [-0.3, -0.25) is 9.59 Å². The molecule has 0 amide bonds. The number of fused-ring (bicyclic) bond motifs is 7. The average Bonchev–Trinajstić information content (AvgIpc) is 3.63. The topological polar surface area (TPSA) is 70.5 Å². The fourth-order valence-electron chi connectivity index (χ4n) is 11.3. The first-order valence-corrected chi connectivity index (χ1v) is 14.5. The molecule has 4 heteroatoms. The van der Waals surface area contributed by atoms with E-state index in [1.54, 1.807) is 0 Å². The van der Waals surface area contributed by atoms with Gasteiger partial charge in [0.1, 0.15) is 11.9 Å². The summed E-state index contributed by atoms with van der Waals surface area (Å²) in [5.41, 5.74) is -0.209. The molecule has 1 saturated heterocycles. The van der Waals surface area contributed by atoms with Crippen LogP contribution in [0.4, 0.5) is 0 Å². The Bertz CT molecular complexity index is 1110. The number of hydrogen-bond donors (Lipinski definition) is 0. The van der Waals surface area contributed by atoms with Crippen LogP contribution in [0.3, 0.4) is 0 Å². The normalized spacial score (nSPS) is 52.6. The fourth-order valence-corrected chi connectivity index (χ4v) is 11.3. The number of ketones is 2. The van der Waals surface area contributed by atoms with Gasteiger partial charge in [-0.2, -0.15) is 5.26 Å². The summed E-state index contributed by atoms with van der Waals surface area (Å²) in [5, 5.41) is 9.90. The van der Waals surface area contributed by atoms with Gasteiger partial charge < -0.3 is 4.74 Å². The number of Topliss-reactive ketones (excluding diaryl/α,β-unsaturated/α-hetero) is 2. The fraction of sp³-hybridized carbons (Fsp3) is 0.844. The smallest absolute Gasteiger partial charge is 0.178 e. The van der Waals surface area contributed by atoms with E-state index in [0.717, 1.165) is 32.3 Å². The Balaban J connectivity index is 1.47. The van der Waals surface area contributed by atoms with Crippen molar-refractivity contribution in [2.24, 2.45) is 56.2 Å². The van der Waals surface area contributed by atoms with Crippen molar-refractivity contribution in [2.45, 2.75) is 106 Å². The van der Waals surface area contributed by atoms with E-state index in [2.05, 4.69) is 40.7 Å². The number of hydrogen-bond acceptors (Lipinski definition) is 4. The highest BCUT2D eigenvalue weighted by molar-refractivity contribution is 6.04. The molecule has 0 aromatic rings. The summed E-state index contributed by atoms with van der Waals surface area (Å²) in [7, 11) is 0. The molecule has 4 nitrogen and oxygen atoms in total. The largest absolute Gasteiger partial charge is 0.373 e. The van der Waals surface area contributed by atoms with Gasteiger partial charge in [-0.05, 0) is 84.4 Å². The maximum atomic E-state index is 14.5. The van der Waals surface area contributed by atoms with Gasteiger partial charge in [-0.1, -0.05) is 54.5 Å². The molecule has 36 heavy (non-hydrogen) atoms. The van der Waals surface area contributed by atoms with Crippen LogP contribution in [-0.4, -0.2) is 24.3 Å². The standard InChI is InChI=1S/C32H45NO3/c1-27(2)10-12-32(24-18-36-24)13-11-31(7)25(20(32)16-27)21(34)14-23-29(5)15-19(17-33)26(35)28(3,4)22(29)8-9-30(23,31)6/h15,20,22-25H,8-14,16,18H2,1-7H3/t20-,22+,23-,24?,25+,29+,30-,31-,32+/m1/s1. The first kappa shape index (κ1) is 24.8. The van der Waals surface area contributed by atoms with Crippen molar-refractivity contribution in [1.82, 2.24) is 0 Å². The van der Waals surface area contributed by atoms with Crippen molar-refractivity contribution in [3.05, 3.63) is 11.6 Å². The highest BCUT2D eigenvalue weighted by Gasteiger charge is 2.73. The number of carbonyl (C=O) groups is 2. The Hall–Kier alpha value is -1.47. The molecule has 9 atom stereocenters. The molecule has 5 aliphatic carbocycles. The van der Waals surface area contributed by atoms with E-state index in [1.807, 2.05) is 19.9 Å². The zero-order chi connectivity index (χ0) is 26.1. The van der Waals surface area contributed by atoms with E-state index in [-0.39, 0.29) is 50.6 Å². The van der Waals surface area contributed by atoms with Gasteiger partial charge in [0.05, 0.1) is 18.3 Å². The molecule has 6 rings (SSSR count). The minimum atomic E-state index is -0.574. The third-order valence-corrected chi connectivity index (χ3v) is 13.5. The molecule has 1 aliphatic heterocycles. The minimum Gasteiger partial charge on any atom is -0.373 e. The number of epoxide rings is 1. The summed E-state index contributed by atoms with van der Waals surface area (Å²) in [5.74, 6) is 1.26. The van der Waals surface area contributed by atoms with Crippen molar-refractivity contribution < 1.29 is 14.3 Å². The molecular formula is C32H45NO3. The number of rotatable bonds is 1. The van der Waals surface area contributed by atoms with Crippen LogP contribution in [0.25, 0.3) is 0 Å². The molecule has 196 valence electrons. The SMILES string of the molecule is CC1(C)CC[C@]2(C3CO3)CC[C@]3(C)[C@H](C(=O)C[C@@H]4[C@@]5(C)C=C(C#N)C(=O)C(C)(C)[C@@H]5CC[C@]43C)[C@H]2C1. The van der Waals surface area contributed by atoms with Crippen LogP contribution in [0.5, 0.6) is 0 Å². The summed E-state index contributed by atoms with van der Waals surface area (Å²) < 4.78 is 6.02. The van der Waals surface area contributed by atoms with Crippen LogP contribution in [0.1, 0.15) is 99.8 Å². The molecule has 0 aromatic carbocycles. The van der Waals surface area contributed by atoms with Crippen molar-refractivity contribution >= 4 is 11.6 Å². The number of ether oxygens (including phenoxy) is 1.